The molecule has 3 rings (SSSR count). The van der Waals surface area contributed by atoms with E-state index in [1.807, 2.05) is 37.3 Å². The van der Waals surface area contributed by atoms with Crippen molar-refractivity contribution in [3.8, 4) is 0 Å². The maximum Gasteiger partial charge on any atom is 0.261 e. The van der Waals surface area contributed by atoms with E-state index in [0.29, 0.717) is 5.69 Å². The molecule has 0 radical (unpaired) electrons. The highest BCUT2D eigenvalue weighted by Crippen LogP contribution is 2.21. The molecule has 0 aliphatic heterocycles. The van der Waals surface area contributed by atoms with E-state index in [0.717, 1.165) is 17.4 Å². The SMILES string of the molecule is CC(SCc1ccccc1)C(=O)Nc1ccc(S(=O)(=O)Nc2cccc(F)c2)cc1. The van der Waals surface area contributed by atoms with Gasteiger partial charge in [-0.1, -0.05) is 36.4 Å². The Bertz CT molecular complexity index is 1100. The van der Waals surface area contributed by atoms with Crippen molar-refractivity contribution in [1.82, 2.24) is 0 Å². The molecule has 5 nitrogen and oxygen atoms in total. The number of sulfonamides is 1. The van der Waals surface area contributed by atoms with Crippen LogP contribution in [0.4, 0.5) is 15.8 Å². The van der Waals surface area contributed by atoms with Crippen LogP contribution in [-0.2, 0) is 20.6 Å². The molecule has 0 aliphatic carbocycles. The maximum absolute atomic E-state index is 13.3. The zero-order chi connectivity index (χ0) is 21.6. The third-order valence-electron chi connectivity index (χ3n) is 4.22. The summed E-state index contributed by atoms with van der Waals surface area (Å²) in [7, 11) is -3.86. The molecule has 1 unspecified atom stereocenters. The van der Waals surface area contributed by atoms with Gasteiger partial charge in [-0.3, -0.25) is 9.52 Å². The molecule has 0 fully saturated rings. The van der Waals surface area contributed by atoms with Crippen LogP contribution in [0.3, 0.4) is 0 Å². The zero-order valence-corrected chi connectivity index (χ0v) is 17.8. The molecule has 0 heterocycles. The van der Waals surface area contributed by atoms with Crippen LogP contribution in [0.2, 0.25) is 0 Å². The summed E-state index contributed by atoms with van der Waals surface area (Å²) in [5.41, 5.74) is 1.77. The number of hydrogen-bond acceptors (Lipinski definition) is 4. The maximum atomic E-state index is 13.3. The number of halogens is 1. The quantitative estimate of drug-likeness (QED) is 0.519. The molecule has 0 saturated carbocycles. The standard InChI is InChI=1S/C22H21FN2O3S2/c1-16(29-15-17-6-3-2-4-7-17)22(26)24-19-10-12-21(13-11-19)30(27,28)25-20-9-5-8-18(23)14-20/h2-14,16,25H,15H2,1H3,(H,24,26). The minimum Gasteiger partial charge on any atom is -0.325 e. The Hall–Kier alpha value is -2.84. The van der Waals surface area contributed by atoms with Gasteiger partial charge in [0.1, 0.15) is 5.82 Å². The fourth-order valence-electron chi connectivity index (χ4n) is 2.60. The Morgan fingerprint density at radius 2 is 1.67 bits per heavy atom. The van der Waals surface area contributed by atoms with E-state index in [4.69, 9.17) is 0 Å². The molecule has 1 amide bonds. The van der Waals surface area contributed by atoms with Gasteiger partial charge in [0, 0.05) is 11.4 Å². The van der Waals surface area contributed by atoms with Gasteiger partial charge in [-0.15, -0.1) is 11.8 Å². The lowest BCUT2D eigenvalue weighted by Crippen LogP contribution is -2.22. The number of thioether (sulfide) groups is 1. The topological polar surface area (TPSA) is 75.3 Å². The minimum atomic E-state index is -3.86. The van der Waals surface area contributed by atoms with Crippen molar-refractivity contribution in [2.45, 2.75) is 22.8 Å². The zero-order valence-electron chi connectivity index (χ0n) is 16.2. The summed E-state index contributed by atoms with van der Waals surface area (Å²) in [6, 6.07) is 20.9. The molecule has 0 spiro atoms. The Balaban J connectivity index is 1.58. The second-order valence-electron chi connectivity index (χ2n) is 6.57. The fraction of sp³-hybridized carbons (Fsp3) is 0.136. The predicted molar refractivity (Wildman–Crippen MR) is 119 cm³/mol. The minimum absolute atomic E-state index is 0.0104. The third-order valence-corrected chi connectivity index (χ3v) is 6.83. The molecule has 156 valence electrons. The number of nitrogens with one attached hydrogen (secondary N) is 2. The monoisotopic (exact) mass is 444 g/mol. The van der Waals surface area contributed by atoms with E-state index in [1.165, 1.54) is 54.2 Å². The molecule has 2 N–H and O–H groups in total. The number of carbonyl (C=O) groups is 1. The smallest absolute Gasteiger partial charge is 0.261 e. The lowest BCUT2D eigenvalue weighted by molar-refractivity contribution is -0.115. The molecule has 0 saturated heterocycles. The average Bonchev–Trinajstić information content (AvgIpc) is 2.73. The second kappa shape index (κ2) is 9.77. The van der Waals surface area contributed by atoms with Crippen LogP contribution in [0.25, 0.3) is 0 Å². The largest absolute Gasteiger partial charge is 0.325 e. The van der Waals surface area contributed by atoms with Gasteiger partial charge in [0.25, 0.3) is 10.0 Å². The Morgan fingerprint density at radius 1 is 0.967 bits per heavy atom. The number of hydrogen-bond donors (Lipinski definition) is 2. The fourth-order valence-corrected chi connectivity index (χ4v) is 4.49. The summed E-state index contributed by atoms with van der Waals surface area (Å²) in [6.07, 6.45) is 0. The van der Waals surface area contributed by atoms with Gasteiger partial charge in [-0.05, 0) is 55.0 Å². The first kappa shape index (κ1) is 21.9. The van der Waals surface area contributed by atoms with Crippen molar-refractivity contribution in [3.05, 3.63) is 90.2 Å². The van der Waals surface area contributed by atoms with Crippen molar-refractivity contribution in [1.29, 1.82) is 0 Å². The van der Waals surface area contributed by atoms with Crippen molar-refractivity contribution >= 4 is 39.1 Å². The first-order valence-corrected chi connectivity index (χ1v) is 11.7. The van der Waals surface area contributed by atoms with Crippen LogP contribution in [0.5, 0.6) is 0 Å². The summed E-state index contributed by atoms with van der Waals surface area (Å²) in [5, 5.41) is 2.51. The normalized spacial score (nSPS) is 12.2. The summed E-state index contributed by atoms with van der Waals surface area (Å²) in [4.78, 5) is 12.4. The van der Waals surface area contributed by atoms with Gasteiger partial charge in [0.2, 0.25) is 5.91 Å². The molecule has 30 heavy (non-hydrogen) atoms. The van der Waals surface area contributed by atoms with Gasteiger partial charge >= 0.3 is 0 Å². The van der Waals surface area contributed by atoms with Crippen LogP contribution < -0.4 is 10.0 Å². The Morgan fingerprint density at radius 3 is 2.33 bits per heavy atom. The Labute approximate surface area is 179 Å². The first-order valence-electron chi connectivity index (χ1n) is 9.18. The van der Waals surface area contributed by atoms with E-state index in [-0.39, 0.29) is 21.7 Å². The lowest BCUT2D eigenvalue weighted by atomic mass is 10.2. The van der Waals surface area contributed by atoms with E-state index in [2.05, 4.69) is 10.0 Å². The van der Waals surface area contributed by atoms with E-state index < -0.39 is 15.8 Å². The second-order valence-corrected chi connectivity index (χ2v) is 9.58. The summed E-state index contributed by atoms with van der Waals surface area (Å²) in [6.45, 7) is 1.82. The summed E-state index contributed by atoms with van der Waals surface area (Å²) in [5.74, 6) is 0.0233. The molecular weight excluding hydrogens is 423 g/mol. The van der Waals surface area contributed by atoms with E-state index in [9.17, 15) is 17.6 Å². The number of anilines is 2. The summed E-state index contributed by atoms with van der Waals surface area (Å²) < 4.78 is 40.5. The number of rotatable bonds is 8. The average molecular weight is 445 g/mol. The molecule has 3 aromatic carbocycles. The van der Waals surface area contributed by atoms with Gasteiger partial charge in [-0.25, -0.2) is 12.8 Å². The highest BCUT2D eigenvalue weighted by Gasteiger charge is 2.16. The molecule has 0 bridgehead atoms. The van der Waals surface area contributed by atoms with Crippen LogP contribution in [0.1, 0.15) is 12.5 Å². The highest BCUT2D eigenvalue weighted by atomic mass is 32.2. The molecular formula is C22H21FN2O3S2. The van der Waals surface area contributed by atoms with Crippen molar-refractivity contribution < 1.29 is 17.6 Å². The predicted octanol–water partition coefficient (Wildman–Crippen LogP) is 4.89. The molecule has 3 aromatic rings. The van der Waals surface area contributed by atoms with Gasteiger partial charge in [-0.2, -0.15) is 0 Å². The van der Waals surface area contributed by atoms with Gasteiger partial charge in [0.05, 0.1) is 15.8 Å². The number of amides is 1. The molecule has 1 atom stereocenters. The van der Waals surface area contributed by atoms with Gasteiger partial charge in [0.15, 0.2) is 0 Å². The van der Waals surface area contributed by atoms with E-state index >= 15 is 0 Å². The van der Waals surface area contributed by atoms with Crippen molar-refractivity contribution in [2.24, 2.45) is 0 Å². The van der Waals surface area contributed by atoms with Crippen LogP contribution >= 0.6 is 11.8 Å². The van der Waals surface area contributed by atoms with Gasteiger partial charge < -0.3 is 5.32 Å². The number of carbonyl (C=O) groups excluding carboxylic acids is 1. The van der Waals surface area contributed by atoms with E-state index in [1.54, 1.807) is 0 Å². The summed E-state index contributed by atoms with van der Waals surface area (Å²) >= 11 is 1.52. The molecule has 8 heteroatoms. The van der Waals surface area contributed by atoms with Crippen LogP contribution in [0, 0.1) is 5.82 Å². The third kappa shape index (κ3) is 6.08. The highest BCUT2D eigenvalue weighted by molar-refractivity contribution is 7.99. The lowest BCUT2D eigenvalue weighted by Gasteiger charge is -2.13. The van der Waals surface area contributed by atoms with Crippen LogP contribution in [0.15, 0.2) is 83.8 Å². The first-order chi connectivity index (χ1) is 14.3. The molecule has 0 aliphatic rings. The molecule has 0 aromatic heterocycles. The van der Waals surface area contributed by atoms with Crippen molar-refractivity contribution in [2.75, 3.05) is 10.0 Å². The van der Waals surface area contributed by atoms with Crippen LogP contribution in [-0.4, -0.2) is 19.6 Å². The van der Waals surface area contributed by atoms with Crippen molar-refractivity contribution in [3.63, 3.8) is 0 Å². The Kier molecular flexibility index (Phi) is 7.12. The number of benzene rings is 3.